The fourth-order valence-electron chi connectivity index (χ4n) is 2.73. The van der Waals surface area contributed by atoms with Gasteiger partial charge in [-0.25, -0.2) is 4.79 Å². The number of carbonyl (C=O) groups excluding carboxylic acids is 1. The maximum absolute atomic E-state index is 11.9. The Balaban J connectivity index is 1.94. The van der Waals surface area contributed by atoms with Gasteiger partial charge < -0.3 is 9.84 Å². The smallest absolute Gasteiger partial charge is 0.337 e. The highest BCUT2D eigenvalue weighted by Crippen LogP contribution is 2.30. The lowest BCUT2D eigenvalue weighted by Crippen LogP contribution is -2.07. The van der Waals surface area contributed by atoms with Gasteiger partial charge in [0.25, 0.3) is 0 Å². The van der Waals surface area contributed by atoms with Crippen LogP contribution in [-0.2, 0) is 4.79 Å². The van der Waals surface area contributed by atoms with Crippen LogP contribution in [0.5, 0.6) is 5.75 Å². The average Bonchev–Trinajstić information content (AvgIpc) is 2.58. The molecule has 4 nitrogen and oxygen atoms in total. The molecule has 0 saturated heterocycles. The van der Waals surface area contributed by atoms with Crippen molar-refractivity contribution in [3.05, 3.63) is 40.9 Å². The molecule has 2 aromatic rings. The van der Waals surface area contributed by atoms with Crippen molar-refractivity contribution in [2.75, 3.05) is 0 Å². The first kappa shape index (κ1) is 19.3. The summed E-state index contributed by atoms with van der Waals surface area (Å²) < 4.78 is 5.37. The highest BCUT2D eigenvalue weighted by molar-refractivity contribution is 6.38. The number of aromatic carboxylic acids is 1. The van der Waals surface area contributed by atoms with E-state index in [0.717, 1.165) is 24.6 Å². The number of fused-ring (bicyclic) bond motifs is 1. The molecule has 0 amide bonds. The van der Waals surface area contributed by atoms with Gasteiger partial charge in [0.2, 0.25) is 0 Å². The molecular weight excluding hydrogens is 340 g/mol. The molecule has 5 heteroatoms. The molecule has 1 N–H and O–H groups in total. The summed E-state index contributed by atoms with van der Waals surface area (Å²) in [6, 6.07) is 8.13. The second-order valence-corrected chi connectivity index (χ2v) is 6.49. The molecule has 0 fully saturated rings. The Morgan fingerprint density at radius 2 is 1.76 bits per heavy atom. The molecule has 0 saturated carbocycles. The number of hydrogen-bond acceptors (Lipinski definition) is 3. The van der Waals surface area contributed by atoms with E-state index in [1.54, 1.807) is 24.3 Å². The summed E-state index contributed by atoms with van der Waals surface area (Å²) in [4.78, 5) is 23.0. The topological polar surface area (TPSA) is 63.6 Å². The molecule has 0 aromatic heterocycles. The third-order valence-corrected chi connectivity index (χ3v) is 4.53. The summed E-state index contributed by atoms with van der Waals surface area (Å²) in [5.74, 6) is -0.868. The summed E-state index contributed by atoms with van der Waals surface area (Å²) in [5, 5.41) is 10.6. The zero-order valence-electron chi connectivity index (χ0n) is 14.4. The number of carbonyl (C=O) groups is 2. The molecule has 0 heterocycles. The maximum Gasteiger partial charge on any atom is 0.337 e. The minimum absolute atomic E-state index is 0.0574. The summed E-state index contributed by atoms with van der Waals surface area (Å²) in [6.07, 6.45) is 7.11. The molecule has 0 aliphatic carbocycles. The number of carboxylic acids is 1. The fraction of sp³-hybridized carbons (Fsp3) is 0.400. The van der Waals surface area contributed by atoms with Crippen LogP contribution in [0.1, 0.15) is 62.2 Å². The van der Waals surface area contributed by atoms with Crippen molar-refractivity contribution in [1.82, 2.24) is 0 Å². The van der Waals surface area contributed by atoms with E-state index in [2.05, 4.69) is 6.92 Å². The first-order chi connectivity index (χ1) is 12.0. The molecule has 0 atom stereocenters. The molecule has 2 aromatic carbocycles. The number of carboxylic acid groups (broad SMARTS) is 1. The van der Waals surface area contributed by atoms with Crippen molar-refractivity contribution in [3.63, 3.8) is 0 Å². The normalized spacial score (nSPS) is 10.8. The zero-order valence-corrected chi connectivity index (χ0v) is 15.1. The fourth-order valence-corrected chi connectivity index (χ4v) is 3.05. The number of rotatable bonds is 9. The number of unbranched alkanes of at least 4 members (excludes halogenated alkanes) is 5. The number of ether oxygens (including phenoxy) is 1. The van der Waals surface area contributed by atoms with E-state index in [0.29, 0.717) is 17.6 Å². The molecule has 0 bridgehead atoms. The third kappa shape index (κ3) is 5.46. The maximum atomic E-state index is 11.9. The molecule has 2 rings (SSSR count). The highest BCUT2D eigenvalue weighted by Gasteiger charge is 2.13. The molecule has 0 aliphatic heterocycles. The number of esters is 1. The van der Waals surface area contributed by atoms with Crippen LogP contribution in [0.25, 0.3) is 10.8 Å². The summed E-state index contributed by atoms with van der Waals surface area (Å²) in [6.45, 7) is 2.18. The molecule has 0 unspecified atom stereocenters. The Bertz CT molecular complexity index is 755. The van der Waals surface area contributed by atoms with Gasteiger partial charge in [0.15, 0.2) is 0 Å². The minimum atomic E-state index is -1.07. The molecule has 25 heavy (non-hydrogen) atoms. The molecule has 134 valence electrons. The molecule has 0 aliphatic rings. The van der Waals surface area contributed by atoms with Crippen LogP contribution in [0.15, 0.2) is 30.3 Å². The van der Waals surface area contributed by atoms with E-state index in [-0.39, 0.29) is 16.6 Å². The quantitative estimate of drug-likeness (QED) is 0.345. The number of halogens is 1. The summed E-state index contributed by atoms with van der Waals surface area (Å²) >= 11 is 6.13. The van der Waals surface area contributed by atoms with Crippen molar-refractivity contribution < 1.29 is 19.4 Å². The monoisotopic (exact) mass is 362 g/mol. The second-order valence-electron chi connectivity index (χ2n) is 6.11. The Morgan fingerprint density at radius 3 is 2.48 bits per heavy atom. The molecule has 0 spiro atoms. The first-order valence-electron chi connectivity index (χ1n) is 8.69. The van der Waals surface area contributed by atoms with E-state index in [4.69, 9.17) is 21.4 Å². The van der Waals surface area contributed by atoms with Crippen molar-refractivity contribution in [1.29, 1.82) is 0 Å². The van der Waals surface area contributed by atoms with E-state index in [1.807, 2.05) is 0 Å². The van der Waals surface area contributed by atoms with E-state index >= 15 is 0 Å². The highest BCUT2D eigenvalue weighted by atomic mass is 35.5. The van der Waals surface area contributed by atoms with E-state index in [9.17, 15) is 9.59 Å². The Kier molecular flexibility index (Phi) is 7.26. The SMILES string of the molecule is CCCCCCCCC(=O)Oc1ccc2c(Cl)c(C(=O)O)ccc2c1. The van der Waals surface area contributed by atoms with Crippen LogP contribution >= 0.6 is 11.6 Å². The van der Waals surface area contributed by atoms with Crippen LogP contribution < -0.4 is 4.74 Å². The van der Waals surface area contributed by atoms with Gasteiger partial charge in [0, 0.05) is 11.8 Å². The molecular formula is C20H23ClO4. The average molecular weight is 363 g/mol. The first-order valence-corrected chi connectivity index (χ1v) is 9.07. The Morgan fingerprint density at radius 1 is 1.04 bits per heavy atom. The summed E-state index contributed by atoms with van der Waals surface area (Å²) in [5.41, 5.74) is 0.0574. The minimum Gasteiger partial charge on any atom is -0.478 e. The molecule has 0 radical (unpaired) electrons. The van der Waals surface area contributed by atoms with Gasteiger partial charge in [-0.1, -0.05) is 56.7 Å². The Hall–Kier alpha value is -2.07. The van der Waals surface area contributed by atoms with Gasteiger partial charge in [0.1, 0.15) is 5.75 Å². The third-order valence-electron chi connectivity index (χ3n) is 4.12. The van der Waals surface area contributed by atoms with Crippen LogP contribution in [0.3, 0.4) is 0 Å². The van der Waals surface area contributed by atoms with Crippen LogP contribution in [0.2, 0.25) is 5.02 Å². The van der Waals surface area contributed by atoms with Crippen LogP contribution in [-0.4, -0.2) is 17.0 Å². The van der Waals surface area contributed by atoms with Crippen molar-refractivity contribution in [2.45, 2.75) is 51.9 Å². The van der Waals surface area contributed by atoms with Gasteiger partial charge in [-0.05, 0) is 36.1 Å². The van der Waals surface area contributed by atoms with E-state index in [1.165, 1.54) is 25.3 Å². The van der Waals surface area contributed by atoms with Crippen LogP contribution in [0.4, 0.5) is 0 Å². The van der Waals surface area contributed by atoms with Gasteiger partial charge in [-0.15, -0.1) is 0 Å². The predicted octanol–water partition coefficient (Wildman–Crippen LogP) is 5.85. The zero-order chi connectivity index (χ0) is 18.2. The second kappa shape index (κ2) is 9.42. The van der Waals surface area contributed by atoms with Gasteiger partial charge in [-0.2, -0.15) is 0 Å². The van der Waals surface area contributed by atoms with Crippen molar-refractivity contribution in [2.24, 2.45) is 0 Å². The van der Waals surface area contributed by atoms with Gasteiger partial charge in [0.05, 0.1) is 10.6 Å². The number of hydrogen-bond donors (Lipinski definition) is 1. The lowest BCUT2D eigenvalue weighted by molar-refractivity contribution is -0.134. The van der Waals surface area contributed by atoms with Gasteiger partial charge in [-0.3, -0.25) is 4.79 Å². The van der Waals surface area contributed by atoms with Crippen molar-refractivity contribution in [3.8, 4) is 5.75 Å². The lowest BCUT2D eigenvalue weighted by atomic mass is 10.1. The number of benzene rings is 2. The lowest BCUT2D eigenvalue weighted by Gasteiger charge is -2.08. The largest absolute Gasteiger partial charge is 0.478 e. The van der Waals surface area contributed by atoms with Crippen LogP contribution in [0, 0.1) is 0 Å². The standard InChI is InChI=1S/C20H23ClO4/c1-2-3-4-5-6-7-8-18(22)25-15-10-12-16-14(13-15)9-11-17(19(16)21)20(23)24/h9-13H,2-8H2,1H3,(H,23,24). The van der Waals surface area contributed by atoms with E-state index < -0.39 is 5.97 Å². The Labute approximate surface area is 152 Å². The predicted molar refractivity (Wildman–Crippen MR) is 99.5 cm³/mol. The van der Waals surface area contributed by atoms with Crippen molar-refractivity contribution >= 4 is 34.3 Å². The van der Waals surface area contributed by atoms with Gasteiger partial charge >= 0.3 is 11.9 Å². The summed E-state index contributed by atoms with van der Waals surface area (Å²) in [7, 11) is 0.